The maximum atomic E-state index is 13.8. The number of phenolic OH excluding ortho intramolecular Hbond substituents is 1. The molecule has 0 spiro atoms. The second kappa shape index (κ2) is 9.27. The van der Waals surface area contributed by atoms with Gasteiger partial charge in [0, 0.05) is 5.56 Å². The van der Waals surface area contributed by atoms with Crippen molar-refractivity contribution < 1.29 is 32.9 Å². The molecule has 0 aliphatic carbocycles. The Kier molecular flexibility index (Phi) is 7.71. The summed E-state index contributed by atoms with van der Waals surface area (Å²) in [6.45, 7) is 2.10. The number of carbonyl (C=O) groups is 1. The first-order valence-electron chi connectivity index (χ1n) is 7.69. The molecule has 0 saturated heterocycles. The van der Waals surface area contributed by atoms with Gasteiger partial charge in [0.25, 0.3) is 0 Å². The number of aromatic hydroxyl groups is 1. The molecule has 0 aromatic heterocycles. The third kappa shape index (κ3) is 5.33. The summed E-state index contributed by atoms with van der Waals surface area (Å²) in [5, 5.41) is 18.0. The summed E-state index contributed by atoms with van der Waals surface area (Å²) in [4.78, 5) is 10.6. The highest BCUT2D eigenvalue weighted by molar-refractivity contribution is 5.64. The fraction of sp³-hybridized carbons (Fsp3) is 0.562. The Morgan fingerprint density at radius 3 is 2.09 bits per heavy atom. The van der Waals surface area contributed by atoms with Gasteiger partial charge in [-0.15, -0.1) is 0 Å². The molecular weight excluding hydrogens is 313 g/mol. The van der Waals surface area contributed by atoms with Gasteiger partial charge in [-0.1, -0.05) is 45.4 Å². The monoisotopic (exact) mass is 334 g/mol. The Balaban J connectivity index is 2.78. The van der Waals surface area contributed by atoms with E-state index in [1.807, 2.05) is 0 Å². The van der Waals surface area contributed by atoms with Crippen LogP contribution in [0.5, 0.6) is 11.5 Å². The molecule has 0 fully saturated rings. The van der Waals surface area contributed by atoms with Crippen LogP contribution in [0, 0.1) is 17.5 Å². The van der Waals surface area contributed by atoms with E-state index in [2.05, 4.69) is 11.7 Å². The fourth-order valence-electron chi connectivity index (χ4n) is 2.35. The van der Waals surface area contributed by atoms with Crippen molar-refractivity contribution in [3.8, 4) is 11.5 Å². The zero-order chi connectivity index (χ0) is 17.4. The van der Waals surface area contributed by atoms with Gasteiger partial charge < -0.3 is 14.9 Å². The largest absolute Gasteiger partial charge is 0.511 e. The highest BCUT2D eigenvalue weighted by Crippen LogP contribution is 2.38. The van der Waals surface area contributed by atoms with Crippen molar-refractivity contribution in [3.63, 3.8) is 0 Å². The molecule has 23 heavy (non-hydrogen) atoms. The van der Waals surface area contributed by atoms with Crippen molar-refractivity contribution >= 4 is 6.16 Å². The lowest BCUT2D eigenvalue weighted by atomic mass is 10.0. The molecule has 1 rings (SSSR count). The molecule has 0 saturated carbocycles. The third-order valence-electron chi connectivity index (χ3n) is 3.57. The number of phenols is 1. The predicted octanol–water partition coefficient (Wildman–Crippen LogP) is 5.16. The van der Waals surface area contributed by atoms with Gasteiger partial charge in [0.15, 0.2) is 23.1 Å². The number of hydrogen-bond acceptors (Lipinski definition) is 3. The van der Waals surface area contributed by atoms with E-state index in [9.17, 15) is 23.1 Å². The molecule has 0 aliphatic heterocycles. The van der Waals surface area contributed by atoms with Crippen LogP contribution in [0.25, 0.3) is 0 Å². The second-order valence-electron chi connectivity index (χ2n) is 5.34. The number of unbranched alkanes of at least 4 members (excludes halogenated alkanes) is 6. The van der Waals surface area contributed by atoms with Crippen LogP contribution in [0.3, 0.4) is 0 Å². The Labute approximate surface area is 132 Å². The van der Waals surface area contributed by atoms with Crippen LogP contribution in [0.2, 0.25) is 0 Å². The van der Waals surface area contributed by atoms with Crippen LogP contribution < -0.4 is 4.74 Å². The summed E-state index contributed by atoms with van der Waals surface area (Å²) in [5.41, 5.74) is -0.461. The van der Waals surface area contributed by atoms with Gasteiger partial charge in [0.05, 0.1) is 0 Å². The number of carboxylic acid groups (broad SMARTS) is 1. The van der Waals surface area contributed by atoms with Gasteiger partial charge in [-0.05, 0) is 12.8 Å². The van der Waals surface area contributed by atoms with Gasteiger partial charge in [-0.2, -0.15) is 4.39 Å². The van der Waals surface area contributed by atoms with E-state index < -0.39 is 40.7 Å². The summed E-state index contributed by atoms with van der Waals surface area (Å²) in [5.74, 6) is -7.42. The lowest BCUT2D eigenvalue weighted by Gasteiger charge is -2.12. The van der Waals surface area contributed by atoms with Gasteiger partial charge in [0.1, 0.15) is 0 Å². The Bertz CT molecular complexity index is 547. The minimum atomic E-state index is -1.86. The predicted molar refractivity (Wildman–Crippen MR) is 78.3 cm³/mol. The molecule has 0 radical (unpaired) electrons. The maximum Gasteiger partial charge on any atom is 0.511 e. The van der Waals surface area contributed by atoms with E-state index in [1.54, 1.807) is 0 Å². The quantitative estimate of drug-likeness (QED) is 0.283. The molecule has 4 nitrogen and oxygen atoms in total. The van der Waals surface area contributed by atoms with Gasteiger partial charge in [-0.3, -0.25) is 0 Å². The molecule has 0 amide bonds. The first kappa shape index (κ1) is 19.1. The average molecular weight is 334 g/mol. The summed E-state index contributed by atoms with van der Waals surface area (Å²) >= 11 is 0. The van der Waals surface area contributed by atoms with E-state index in [0.717, 1.165) is 38.5 Å². The standard InChI is InChI=1S/C16H21F3O4/c1-2-3-4-5-6-7-8-9-10-11(17)12(18)13(19)14(20)15(10)23-16(21)22/h20H,2-9H2,1H3,(H,21,22). The minimum absolute atomic E-state index is 0.0486. The van der Waals surface area contributed by atoms with Crippen LogP contribution in [0.4, 0.5) is 18.0 Å². The lowest BCUT2D eigenvalue weighted by Crippen LogP contribution is -2.10. The number of benzene rings is 1. The summed E-state index contributed by atoms with van der Waals surface area (Å²) < 4.78 is 44.7. The SMILES string of the molecule is CCCCCCCCCc1c(F)c(F)c(F)c(O)c1OC(=O)O. The molecule has 0 heterocycles. The number of ether oxygens (including phenoxy) is 1. The molecule has 7 heteroatoms. The van der Waals surface area contributed by atoms with Crippen molar-refractivity contribution in [1.82, 2.24) is 0 Å². The molecule has 0 aliphatic rings. The van der Waals surface area contributed by atoms with Crippen LogP contribution in [0.15, 0.2) is 0 Å². The van der Waals surface area contributed by atoms with Crippen molar-refractivity contribution in [2.75, 3.05) is 0 Å². The molecule has 0 atom stereocenters. The van der Waals surface area contributed by atoms with Crippen LogP contribution >= 0.6 is 0 Å². The number of hydrogen-bond donors (Lipinski definition) is 2. The maximum absolute atomic E-state index is 13.8. The molecule has 2 N–H and O–H groups in total. The van der Waals surface area contributed by atoms with Crippen LogP contribution in [-0.2, 0) is 6.42 Å². The second-order valence-corrected chi connectivity index (χ2v) is 5.34. The molecule has 1 aromatic carbocycles. The first-order chi connectivity index (χ1) is 10.9. The topological polar surface area (TPSA) is 66.8 Å². The molecule has 130 valence electrons. The summed E-state index contributed by atoms with van der Waals surface area (Å²) in [7, 11) is 0. The smallest absolute Gasteiger partial charge is 0.502 e. The number of halogens is 3. The van der Waals surface area contributed by atoms with Gasteiger partial charge >= 0.3 is 6.16 Å². The third-order valence-corrected chi connectivity index (χ3v) is 3.57. The van der Waals surface area contributed by atoms with E-state index in [-0.39, 0.29) is 6.42 Å². The first-order valence-corrected chi connectivity index (χ1v) is 7.69. The average Bonchev–Trinajstić information content (AvgIpc) is 2.51. The van der Waals surface area contributed by atoms with Crippen molar-refractivity contribution in [2.45, 2.75) is 58.3 Å². The normalized spacial score (nSPS) is 10.8. The van der Waals surface area contributed by atoms with Crippen molar-refractivity contribution in [3.05, 3.63) is 23.0 Å². The Morgan fingerprint density at radius 1 is 0.957 bits per heavy atom. The van der Waals surface area contributed by atoms with E-state index >= 15 is 0 Å². The lowest BCUT2D eigenvalue weighted by molar-refractivity contribution is 0.141. The van der Waals surface area contributed by atoms with E-state index in [4.69, 9.17) is 5.11 Å². The van der Waals surface area contributed by atoms with E-state index in [1.165, 1.54) is 0 Å². The van der Waals surface area contributed by atoms with Crippen LogP contribution in [-0.4, -0.2) is 16.4 Å². The van der Waals surface area contributed by atoms with Gasteiger partial charge in [0.2, 0.25) is 5.82 Å². The summed E-state index contributed by atoms with van der Waals surface area (Å²) in [6.07, 6.45) is 4.59. The molecule has 1 aromatic rings. The Hall–Kier alpha value is -1.92. The highest BCUT2D eigenvalue weighted by atomic mass is 19.2. The Morgan fingerprint density at radius 2 is 1.52 bits per heavy atom. The van der Waals surface area contributed by atoms with E-state index in [0.29, 0.717) is 6.42 Å². The highest BCUT2D eigenvalue weighted by Gasteiger charge is 2.27. The molecular formula is C16H21F3O4. The van der Waals surface area contributed by atoms with Gasteiger partial charge in [-0.25, -0.2) is 13.6 Å². The zero-order valence-corrected chi connectivity index (χ0v) is 13.0. The van der Waals surface area contributed by atoms with Crippen molar-refractivity contribution in [1.29, 1.82) is 0 Å². The fourth-order valence-corrected chi connectivity index (χ4v) is 2.35. The minimum Gasteiger partial charge on any atom is -0.502 e. The van der Waals surface area contributed by atoms with Crippen molar-refractivity contribution in [2.24, 2.45) is 0 Å². The molecule has 0 unspecified atom stereocenters. The molecule has 0 bridgehead atoms. The number of rotatable bonds is 9. The van der Waals surface area contributed by atoms with Crippen LogP contribution in [0.1, 0.15) is 57.4 Å². The zero-order valence-electron chi connectivity index (χ0n) is 13.0. The summed E-state index contributed by atoms with van der Waals surface area (Å²) in [6, 6.07) is 0.